The van der Waals surface area contributed by atoms with Crippen molar-refractivity contribution in [1.82, 2.24) is 15.2 Å². The monoisotopic (exact) mass is 500 g/mol. The zero-order valence-electron chi connectivity index (χ0n) is 21.3. The Balaban J connectivity index is 1.56. The number of carbonyl (C=O) groups excluding carboxylic acids is 3. The summed E-state index contributed by atoms with van der Waals surface area (Å²) in [7, 11) is 0. The molecule has 1 aliphatic rings. The summed E-state index contributed by atoms with van der Waals surface area (Å²) in [5.74, 6) is -0.129. The minimum absolute atomic E-state index is 0.0629. The van der Waals surface area contributed by atoms with Crippen LogP contribution in [0.25, 0.3) is 0 Å². The average molecular weight is 501 g/mol. The number of hydrogen-bond donors (Lipinski definition) is 2. The number of nitrogens with one attached hydrogen (secondary N) is 2. The lowest BCUT2D eigenvalue weighted by molar-refractivity contribution is -0.126. The van der Waals surface area contributed by atoms with Gasteiger partial charge in [0.15, 0.2) is 12.1 Å². The quantitative estimate of drug-likeness (QED) is 0.442. The third-order valence-corrected chi connectivity index (χ3v) is 6.10. The van der Waals surface area contributed by atoms with Crippen LogP contribution in [0.3, 0.4) is 0 Å². The third-order valence-electron chi connectivity index (χ3n) is 6.10. The van der Waals surface area contributed by atoms with Gasteiger partial charge in [-0.15, -0.1) is 0 Å². The van der Waals surface area contributed by atoms with Crippen molar-refractivity contribution in [3.05, 3.63) is 95.3 Å². The number of anilines is 1. The number of nitrogens with zero attached hydrogens (tertiary/aromatic N) is 2. The second-order valence-corrected chi connectivity index (χ2v) is 9.71. The Labute approximate surface area is 217 Å². The molecule has 192 valence electrons. The van der Waals surface area contributed by atoms with Crippen molar-refractivity contribution in [3.8, 4) is 0 Å². The summed E-state index contributed by atoms with van der Waals surface area (Å²) in [6.07, 6.45) is 2.43. The number of carbonyl (C=O) groups is 3. The first kappa shape index (κ1) is 25.9. The van der Waals surface area contributed by atoms with Crippen LogP contribution in [0.4, 0.5) is 10.5 Å². The van der Waals surface area contributed by atoms with Gasteiger partial charge in [0, 0.05) is 31.0 Å². The summed E-state index contributed by atoms with van der Waals surface area (Å²) in [5.41, 5.74) is 4.14. The van der Waals surface area contributed by atoms with E-state index in [0.717, 1.165) is 16.7 Å². The predicted molar refractivity (Wildman–Crippen MR) is 140 cm³/mol. The van der Waals surface area contributed by atoms with E-state index in [1.807, 2.05) is 51.1 Å². The molecule has 1 aromatic heterocycles. The lowest BCUT2D eigenvalue weighted by Crippen LogP contribution is -2.46. The second kappa shape index (κ2) is 11.7. The normalized spacial score (nSPS) is 17.0. The van der Waals surface area contributed by atoms with E-state index in [1.165, 1.54) is 4.90 Å². The van der Waals surface area contributed by atoms with E-state index >= 15 is 0 Å². The van der Waals surface area contributed by atoms with Crippen LogP contribution < -0.4 is 10.6 Å². The molecule has 8 nitrogen and oxygen atoms in total. The van der Waals surface area contributed by atoms with E-state index in [9.17, 15) is 14.4 Å². The Bertz CT molecular complexity index is 1240. The molecule has 0 bridgehead atoms. The first-order valence-electron chi connectivity index (χ1n) is 12.4. The number of aryl methyl sites for hydroxylation is 1. The van der Waals surface area contributed by atoms with E-state index in [2.05, 4.69) is 15.6 Å². The lowest BCUT2D eigenvalue weighted by Gasteiger charge is -2.24. The van der Waals surface area contributed by atoms with E-state index in [4.69, 9.17) is 4.74 Å². The minimum Gasteiger partial charge on any atom is -0.438 e. The molecule has 3 aromatic rings. The van der Waals surface area contributed by atoms with Crippen LogP contribution in [-0.2, 0) is 27.4 Å². The lowest BCUT2D eigenvalue weighted by atomic mass is 10.00. The van der Waals surface area contributed by atoms with Crippen molar-refractivity contribution >= 4 is 23.6 Å². The van der Waals surface area contributed by atoms with Gasteiger partial charge in [-0.3, -0.25) is 19.5 Å². The summed E-state index contributed by atoms with van der Waals surface area (Å²) in [6.45, 7) is 6.47. The summed E-state index contributed by atoms with van der Waals surface area (Å²) in [5, 5.41) is 5.81. The highest BCUT2D eigenvalue weighted by atomic mass is 16.6. The zero-order chi connectivity index (χ0) is 26.4. The van der Waals surface area contributed by atoms with E-state index in [0.29, 0.717) is 17.7 Å². The Morgan fingerprint density at radius 3 is 2.49 bits per heavy atom. The molecule has 2 heterocycles. The Hall–Kier alpha value is -4.20. The fourth-order valence-electron chi connectivity index (χ4n) is 4.35. The van der Waals surface area contributed by atoms with Gasteiger partial charge in [-0.25, -0.2) is 4.79 Å². The molecular formula is C29H32N4O4. The molecule has 2 aromatic carbocycles. The molecule has 37 heavy (non-hydrogen) atoms. The summed E-state index contributed by atoms with van der Waals surface area (Å²) in [4.78, 5) is 44.2. The molecule has 0 radical (unpaired) electrons. The van der Waals surface area contributed by atoms with Crippen molar-refractivity contribution < 1.29 is 19.1 Å². The van der Waals surface area contributed by atoms with Gasteiger partial charge in [-0.05, 0) is 47.7 Å². The smallest absolute Gasteiger partial charge is 0.411 e. The van der Waals surface area contributed by atoms with Gasteiger partial charge in [0.2, 0.25) is 11.8 Å². The van der Waals surface area contributed by atoms with Gasteiger partial charge in [0.05, 0.1) is 6.54 Å². The topological polar surface area (TPSA) is 101 Å². The van der Waals surface area contributed by atoms with E-state index in [1.54, 1.807) is 42.7 Å². The molecular weight excluding hydrogens is 468 g/mol. The highest BCUT2D eigenvalue weighted by molar-refractivity contribution is 5.91. The predicted octanol–water partition coefficient (Wildman–Crippen LogP) is 4.75. The van der Waals surface area contributed by atoms with Gasteiger partial charge >= 0.3 is 6.09 Å². The van der Waals surface area contributed by atoms with Gasteiger partial charge in [0.1, 0.15) is 0 Å². The molecule has 0 aliphatic carbocycles. The van der Waals surface area contributed by atoms with Gasteiger partial charge in [-0.1, -0.05) is 61.9 Å². The van der Waals surface area contributed by atoms with E-state index in [-0.39, 0.29) is 30.8 Å². The van der Waals surface area contributed by atoms with Crippen molar-refractivity contribution in [2.24, 2.45) is 5.92 Å². The summed E-state index contributed by atoms with van der Waals surface area (Å²) < 4.78 is 5.75. The largest absolute Gasteiger partial charge is 0.438 e. The number of hydrogen-bond acceptors (Lipinski definition) is 5. The third kappa shape index (κ3) is 6.73. The van der Waals surface area contributed by atoms with Crippen molar-refractivity contribution in [3.63, 3.8) is 0 Å². The second-order valence-electron chi connectivity index (χ2n) is 9.71. The fraction of sp³-hybridized carbons (Fsp3) is 0.310. The van der Waals surface area contributed by atoms with Crippen molar-refractivity contribution in [2.75, 3.05) is 5.32 Å². The molecule has 0 spiro atoms. The molecule has 1 fully saturated rings. The van der Waals surface area contributed by atoms with Gasteiger partial charge in [0.25, 0.3) is 0 Å². The van der Waals surface area contributed by atoms with Crippen molar-refractivity contribution in [1.29, 1.82) is 0 Å². The molecule has 2 atom stereocenters. The molecule has 8 heteroatoms. The first-order chi connectivity index (χ1) is 17.8. The van der Waals surface area contributed by atoms with Crippen LogP contribution >= 0.6 is 0 Å². The van der Waals surface area contributed by atoms with Gasteiger partial charge < -0.3 is 15.4 Å². The zero-order valence-corrected chi connectivity index (χ0v) is 21.3. The number of pyridine rings is 1. The average Bonchev–Trinajstić information content (AvgIpc) is 3.19. The van der Waals surface area contributed by atoms with Gasteiger partial charge in [-0.2, -0.15) is 0 Å². The van der Waals surface area contributed by atoms with Crippen molar-refractivity contribution in [2.45, 2.75) is 52.4 Å². The minimum atomic E-state index is -0.869. The number of amides is 3. The molecule has 1 saturated heterocycles. The van der Waals surface area contributed by atoms with Crippen LogP contribution in [-0.4, -0.2) is 33.8 Å². The maximum atomic E-state index is 13.5. The maximum absolute atomic E-state index is 13.5. The number of aromatic nitrogens is 1. The van der Waals surface area contributed by atoms with Crippen LogP contribution in [0, 0.1) is 12.8 Å². The molecule has 3 amide bonds. The molecule has 2 unspecified atom stereocenters. The Morgan fingerprint density at radius 2 is 1.81 bits per heavy atom. The summed E-state index contributed by atoms with van der Waals surface area (Å²) >= 11 is 0. The molecule has 4 rings (SSSR count). The molecule has 2 N–H and O–H groups in total. The number of benzene rings is 2. The standard InChI is InChI=1S/C29H32N4O4/c1-19(2)14-25(34)32-24-11-9-23(10-12-24)27-26(28(35)31-17-22-8-5-13-30-16-22)33(29(36)37-27)18-21-7-4-6-20(3)15-21/h4-13,15-16,19,26-27H,14,17-18H2,1-3H3,(H,31,35)(H,32,34). The number of ether oxygens (including phenoxy) is 1. The number of cyclic esters (lactones) is 1. The maximum Gasteiger partial charge on any atom is 0.411 e. The number of rotatable bonds is 9. The fourth-order valence-corrected chi connectivity index (χ4v) is 4.35. The molecule has 1 aliphatic heterocycles. The highest BCUT2D eigenvalue weighted by Crippen LogP contribution is 2.34. The van der Waals surface area contributed by atoms with E-state index < -0.39 is 18.2 Å². The summed E-state index contributed by atoms with van der Waals surface area (Å²) in [6, 6.07) is 17.7. The van der Waals surface area contributed by atoms with Crippen LogP contribution in [0.2, 0.25) is 0 Å². The SMILES string of the molecule is Cc1cccc(CN2C(=O)OC(c3ccc(NC(=O)CC(C)C)cc3)C2C(=O)NCc2cccnc2)c1. The van der Waals surface area contributed by atoms with Crippen LogP contribution in [0.1, 0.15) is 48.6 Å². The Morgan fingerprint density at radius 1 is 1.05 bits per heavy atom. The first-order valence-corrected chi connectivity index (χ1v) is 12.4. The van der Waals surface area contributed by atoms with Crippen LogP contribution in [0.5, 0.6) is 0 Å². The molecule has 0 saturated carbocycles. The Kier molecular flexibility index (Phi) is 8.18. The highest BCUT2D eigenvalue weighted by Gasteiger charge is 2.46. The van der Waals surface area contributed by atoms with Crippen LogP contribution in [0.15, 0.2) is 73.1 Å².